The molecule has 0 unspecified atom stereocenters. The molecule has 1 aliphatic carbocycles. The highest BCUT2D eigenvalue weighted by Gasteiger charge is 2.27. The van der Waals surface area contributed by atoms with E-state index in [-0.39, 0.29) is 12.0 Å². The molecule has 4 heteroatoms. The zero-order valence-electron chi connectivity index (χ0n) is 10.3. The molecule has 0 bridgehead atoms. The van der Waals surface area contributed by atoms with Crippen molar-refractivity contribution in [1.82, 2.24) is 0 Å². The summed E-state index contributed by atoms with van der Waals surface area (Å²) >= 11 is 0. The molecule has 94 valence electrons. The fourth-order valence-electron chi connectivity index (χ4n) is 2.24. The third-order valence-electron chi connectivity index (χ3n) is 3.50. The van der Waals surface area contributed by atoms with E-state index in [1.807, 2.05) is 6.07 Å². The molecule has 0 spiro atoms. The van der Waals surface area contributed by atoms with Crippen LogP contribution in [-0.4, -0.2) is 25.3 Å². The number of carbonyl (C=O) groups excluding carboxylic acids is 2. The van der Waals surface area contributed by atoms with Gasteiger partial charge in [-0.3, -0.25) is 9.59 Å². The van der Waals surface area contributed by atoms with Crippen LogP contribution in [0.1, 0.15) is 35.2 Å². The Bertz CT molecular complexity index is 520. The van der Waals surface area contributed by atoms with Crippen molar-refractivity contribution in [1.29, 1.82) is 0 Å². The summed E-state index contributed by atoms with van der Waals surface area (Å²) in [6.07, 6.45) is 4.43. The van der Waals surface area contributed by atoms with Gasteiger partial charge in [-0.1, -0.05) is 0 Å². The first-order chi connectivity index (χ1) is 8.69. The van der Waals surface area contributed by atoms with Gasteiger partial charge in [0.05, 0.1) is 11.7 Å². The Morgan fingerprint density at radius 1 is 1.33 bits per heavy atom. The Balaban J connectivity index is 2.02. The van der Waals surface area contributed by atoms with Gasteiger partial charge in [0.1, 0.15) is 5.75 Å². The fourth-order valence-corrected chi connectivity index (χ4v) is 2.24. The number of amides is 1. The van der Waals surface area contributed by atoms with E-state index in [0.717, 1.165) is 36.8 Å². The Morgan fingerprint density at radius 3 is 2.78 bits per heavy atom. The molecule has 0 radical (unpaired) electrons. The van der Waals surface area contributed by atoms with Gasteiger partial charge in [0.15, 0.2) is 6.29 Å². The number of carbonyl (C=O) groups is 2. The van der Waals surface area contributed by atoms with E-state index in [0.29, 0.717) is 17.7 Å². The van der Waals surface area contributed by atoms with E-state index in [1.165, 1.54) is 0 Å². The number of ether oxygens (including phenoxy) is 1. The molecule has 1 aliphatic heterocycles. The summed E-state index contributed by atoms with van der Waals surface area (Å²) in [6.45, 7) is 0. The van der Waals surface area contributed by atoms with Crippen LogP contribution in [0.15, 0.2) is 12.1 Å². The van der Waals surface area contributed by atoms with Crippen molar-refractivity contribution >= 4 is 17.9 Å². The minimum Gasteiger partial charge on any atom is -0.490 e. The second-order valence-electron chi connectivity index (χ2n) is 4.91. The summed E-state index contributed by atoms with van der Waals surface area (Å²) in [5, 5.41) is 0. The van der Waals surface area contributed by atoms with E-state index < -0.39 is 0 Å². The van der Waals surface area contributed by atoms with Gasteiger partial charge < -0.3 is 9.64 Å². The second-order valence-corrected chi connectivity index (χ2v) is 4.91. The molecule has 0 aromatic heterocycles. The molecule has 1 heterocycles. The summed E-state index contributed by atoms with van der Waals surface area (Å²) in [5.41, 5.74) is 2.44. The van der Waals surface area contributed by atoms with Crippen LogP contribution in [0.2, 0.25) is 0 Å². The summed E-state index contributed by atoms with van der Waals surface area (Å²) in [6, 6.07) is 3.68. The molecule has 0 saturated heterocycles. The Hall–Kier alpha value is -1.84. The van der Waals surface area contributed by atoms with Crippen molar-refractivity contribution < 1.29 is 14.3 Å². The van der Waals surface area contributed by atoms with Crippen LogP contribution in [0.5, 0.6) is 5.75 Å². The van der Waals surface area contributed by atoms with Crippen molar-refractivity contribution in [3.63, 3.8) is 0 Å². The monoisotopic (exact) mass is 245 g/mol. The van der Waals surface area contributed by atoms with Crippen molar-refractivity contribution in [3.8, 4) is 5.75 Å². The molecule has 1 aromatic carbocycles. The second kappa shape index (κ2) is 4.12. The largest absolute Gasteiger partial charge is 0.490 e. The summed E-state index contributed by atoms with van der Waals surface area (Å²) in [7, 11) is 1.75. The van der Waals surface area contributed by atoms with Gasteiger partial charge in [0, 0.05) is 19.2 Å². The van der Waals surface area contributed by atoms with Crippen LogP contribution < -0.4 is 9.64 Å². The van der Waals surface area contributed by atoms with E-state index in [9.17, 15) is 9.59 Å². The average molecular weight is 245 g/mol. The zero-order chi connectivity index (χ0) is 12.7. The van der Waals surface area contributed by atoms with Crippen molar-refractivity contribution in [2.75, 3.05) is 11.9 Å². The Kier molecular flexibility index (Phi) is 2.58. The van der Waals surface area contributed by atoms with Crippen LogP contribution in [0.4, 0.5) is 5.69 Å². The van der Waals surface area contributed by atoms with Gasteiger partial charge >= 0.3 is 0 Å². The first kappa shape index (κ1) is 11.3. The lowest BCUT2D eigenvalue weighted by atomic mass is 9.99. The molecular formula is C14H15NO3. The molecule has 1 aromatic rings. The van der Waals surface area contributed by atoms with Gasteiger partial charge in [-0.15, -0.1) is 0 Å². The first-order valence-corrected chi connectivity index (χ1v) is 6.24. The summed E-state index contributed by atoms with van der Waals surface area (Å²) < 4.78 is 5.74. The average Bonchev–Trinajstić information content (AvgIpc) is 3.17. The first-order valence-electron chi connectivity index (χ1n) is 6.24. The zero-order valence-corrected chi connectivity index (χ0v) is 10.3. The maximum atomic E-state index is 11.6. The molecule has 4 nitrogen and oxygen atoms in total. The predicted molar refractivity (Wildman–Crippen MR) is 67.2 cm³/mol. The van der Waals surface area contributed by atoms with Gasteiger partial charge in [-0.05, 0) is 37.0 Å². The summed E-state index contributed by atoms with van der Waals surface area (Å²) in [4.78, 5) is 24.4. The smallest absolute Gasteiger partial charge is 0.227 e. The lowest BCUT2D eigenvalue weighted by Gasteiger charge is -2.26. The molecule has 0 N–H and O–H groups in total. The number of anilines is 1. The molecule has 0 atom stereocenters. The fraction of sp³-hybridized carbons (Fsp3) is 0.429. The molecule has 1 amide bonds. The third-order valence-corrected chi connectivity index (χ3v) is 3.50. The Morgan fingerprint density at radius 2 is 2.11 bits per heavy atom. The number of nitrogens with zero attached hydrogens (tertiary/aromatic N) is 1. The van der Waals surface area contributed by atoms with E-state index >= 15 is 0 Å². The van der Waals surface area contributed by atoms with Gasteiger partial charge in [0.25, 0.3) is 0 Å². The number of rotatable bonds is 3. The Labute approximate surface area is 106 Å². The number of hydrogen-bond acceptors (Lipinski definition) is 3. The minimum atomic E-state index is 0.0928. The SMILES string of the molecule is CN1C(=O)CCc2cc(OC3CC3)c(C=O)cc21. The highest BCUT2D eigenvalue weighted by molar-refractivity contribution is 5.97. The normalized spacial score (nSPS) is 18.5. The lowest BCUT2D eigenvalue weighted by molar-refractivity contribution is -0.118. The van der Waals surface area contributed by atoms with Gasteiger partial charge in [-0.2, -0.15) is 0 Å². The molecule has 1 fully saturated rings. The van der Waals surface area contributed by atoms with Crippen LogP contribution in [0.25, 0.3) is 0 Å². The van der Waals surface area contributed by atoms with E-state index in [2.05, 4.69) is 0 Å². The van der Waals surface area contributed by atoms with E-state index in [4.69, 9.17) is 4.74 Å². The number of hydrogen-bond donors (Lipinski definition) is 0. The predicted octanol–water partition coefficient (Wildman–Crippen LogP) is 1.95. The van der Waals surface area contributed by atoms with Crippen molar-refractivity contribution in [3.05, 3.63) is 23.3 Å². The minimum absolute atomic E-state index is 0.0928. The number of aryl methyl sites for hydroxylation is 1. The third kappa shape index (κ3) is 1.88. The lowest BCUT2D eigenvalue weighted by Crippen LogP contribution is -2.31. The summed E-state index contributed by atoms with van der Waals surface area (Å²) in [5.74, 6) is 0.754. The quantitative estimate of drug-likeness (QED) is 0.765. The van der Waals surface area contributed by atoms with Crippen molar-refractivity contribution in [2.24, 2.45) is 0 Å². The van der Waals surface area contributed by atoms with Crippen LogP contribution in [0.3, 0.4) is 0 Å². The molecule has 2 aliphatic rings. The van der Waals surface area contributed by atoms with Crippen LogP contribution in [-0.2, 0) is 11.2 Å². The highest BCUT2D eigenvalue weighted by atomic mass is 16.5. The molecule has 1 saturated carbocycles. The van der Waals surface area contributed by atoms with Crippen LogP contribution in [0, 0.1) is 0 Å². The molecular weight excluding hydrogens is 230 g/mol. The van der Waals surface area contributed by atoms with Gasteiger partial charge in [0.2, 0.25) is 5.91 Å². The number of fused-ring (bicyclic) bond motifs is 1. The maximum absolute atomic E-state index is 11.6. The number of aldehydes is 1. The van der Waals surface area contributed by atoms with Gasteiger partial charge in [-0.25, -0.2) is 0 Å². The molecule has 3 rings (SSSR count). The van der Waals surface area contributed by atoms with Crippen molar-refractivity contribution in [2.45, 2.75) is 31.8 Å². The van der Waals surface area contributed by atoms with E-state index in [1.54, 1.807) is 18.0 Å². The molecule has 18 heavy (non-hydrogen) atoms. The topological polar surface area (TPSA) is 46.6 Å². The maximum Gasteiger partial charge on any atom is 0.227 e. The number of benzene rings is 1. The highest BCUT2D eigenvalue weighted by Crippen LogP contribution is 2.35. The standard InChI is InChI=1S/C14H15NO3/c1-15-12-6-10(8-16)13(18-11-3-4-11)7-9(12)2-5-14(15)17/h6-8,11H,2-5H2,1H3. The van der Waals surface area contributed by atoms with Crippen LogP contribution >= 0.6 is 0 Å².